The molecule has 1 unspecified atom stereocenters. The Morgan fingerprint density at radius 3 is 2.43 bits per heavy atom. The van der Waals surface area contributed by atoms with Gasteiger partial charge in [-0.15, -0.1) is 0 Å². The molecular weight excluding hydrogens is 470 g/mol. The molecule has 0 radical (unpaired) electrons. The highest BCUT2D eigenvalue weighted by molar-refractivity contribution is 7.91. The first kappa shape index (κ1) is 23.6. The van der Waals surface area contributed by atoms with Crippen LogP contribution in [0.3, 0.4) is 0 Å². The van der Waals surface area contributed by atoms with E-state index in [1.54, 1.807) is 10.7 Å². The number of esters is 1. The second-order valence-corrected chi connectivity index (χ2v) is 11.3. The lowest BCUT2D eigenvalue weighted by molar-refractivity contribution is 0.0452. The standard InChI is InChI=1S/C25H29N3O6S/c1-3-32-19-6-8-20(9-7-19)33-11-12-34-25(29)21-14-22(17-4-5-17)26-24-23(21)16(2)27-28(24)18-10-13-35(30,31)15-18/h6-9,14,17-18H,3-5,10-13,15H2,1-2H3. The van der Waals surface area contributed by atoms with Crippen LogP contribution in [0.15, 0.2) is 30.3 Å². The van der Waals surface area contributed by atoms with Crippen molar-refractivity contribution in [3.8, 4) is 11.5 Å². The summed E-state index contributed by atoms with van der Waals surface area (Å²) >= 11 is 0. The molecule has 9 nitrogen and oxygen atoms in total. The Morgan fingerprint density at radius 1 is 1.09 bits per heavy atom. The van der Waals surface area contributed by atoms with E-state index in [-0.39, 0.29) is 30.8 Å². The van der Waals surface area contributed by atoms with Crippen LogP contribution in [0.25, 0.3) is 11.0 Å². The highest BCUT2D eigenvalue weighted by Crippen LogP contribution is 2.41. The van der Waals surface area contributed by atoms with Crippen molar-refractivity contribution in [3.63, 3.8) is 0 Å². The van der Waals surface area contributed by atoms with Gasteiger partial charge in [-0.1, -0.05) is 0 Å². The first-order valence-electron chi connectivity index (χ1n) is 12.0. The van der Waals surface area contributed by atoms with E-state index >= 15 is 0 Å². The average Bonchev–Trinajstić information content (AvgIpc) is 3.55. The molecule has 1 saturated heterocycles. The summed E-state index contributed by atoms with van der Waals surface area (Å²) in [7, 11) is -3.09. The summed E-state index contributed by atoms with van der Waals surface area (Å²) in [5.41, 5.74) is 2.45. The van der Waals surface area contributed by atoms with Gasteiger partial charge in [0.05, 0.1) is 40.8 Å². The second-order valence-electron chi connectivity index (χ2n) is 9.04. The van der Waals surface area contributed by atoms with E-state index in [0.29, 0.717) is 47.0 Å². The molecule has 35 heavy (non-hydrogen) atoms. The third-order valence-corrected chi connectivity index (χ3v) is 8.10. The number of hydrogen-bond acceptors (Lipinski definition) is 8. The Morgan fingerprint density at radius 2 is 1.80 bits per heavy atom. The molecule has 10 heteroatoms. The summed E-state index contributed by atoms with van der Waals surface area (Å²) in [6, 6.07) is 8.80. The minimum absolute atomic E-state index is 0.0429. The molecule has 5 rings (SSSR count). The van der Waals surface area contributed by atoms with Gasteiger partial charge in [-0.2, -0.15) is 5.10 Å². The van der Waals surface area contributed by atoms with E-state index in [1.165, 1.54) is 0 Å². The van der Waals surface area contributed by atoms with Crippen LogP contribution >= 0.6 is 0 Å². The Bertz CT molecular complexity index is 1350. The summed E-state index contributed by atoms with van der Waals surface area (Å²) in [6.45, 7) is 4.63. The van der Waals surface area contributed by atoms with Crippen molar-refractivity contribution < 1.29 is 27.4 Å². The van der Waals surface area contributed by atoms with Crippen LogP contribution in [0.1, 0.15) is 59.9 Å². The lowest BCUT2D eigenvalue weighted by Gasteiger charge is -2.12. The monoisotopic (exact) mass is 499 g/mol. The first-order valence-corrected chi connectivity index (χ1v) is 13.8. The molecule has 1 saturated carbocycles. The van der Waals surface area contributed by atoms with Crippen molar-refractivity contribution in [1.29, 1.82) is 0 Å². The van der Waals surface area contributed by atoms with E-state index in [2.05, 4.69) is 5.10 Å². The molecule has 186 valence electrons. The van der Waals surface area contributed by atoms with Crippen molar-refractivity contribution in [2.24, 2.45) is 0 Å². The summed E-state index contributed by atoms with van der Waals surface area (Å²) in [4.78, 5) is 17.9. The Kier molecular flexibility index (Phi) is 6.39. The number of nitrogens with zero attached hydrogens (tertiary/aromatic N) is 3. The molecule has 0 spiro atoms. The summed E-state index contributed by atoms with van der Waals surface area (Å²) in [5, 5.41) is 5.23. The minimum Gasteiger partial charge on any atom is -0.494 e. The number of carbonyl (C=O) groups excluding carboxylic acids is 1. The van der Waals surface area contributed by atoms with Gasteiger partial charge in [0.25, 0.3) is 0 Å². The van der Waals surface area contributed by atoms with E-state index < -0.39 is 15.8 Å². The quantitative estimate of drug-likeness (QED) is 0.324. The lowest BCUT2D eigenvalue weighted by atomic mass is 10.1. The zero-order valence-corrected chi connectivity index (χ0v) is 20.7. The van der Waals surface area contributed by atoms with E-state index in [0.717, 1.165) is 24.3 Å². The van der Waals surface area contributed by atoms with Gasteiger partial charge in [-0.05, 0) is 63.4 Å². The smallest absolute Gasteiger partial charge is 0.339 e. The highest BCUT2D eigenvalue weighted by atomic mass is 32.2. The van der Waals surface area contributed by atoms with Gasteiger partial charge in [-0.25, -0.2) is 22.9 Å². The van der Waals surface area contributed by atoms with Crippen molar-refractivity contribution in [3.05, 3.63) is 47.3 Å². The molecule has 1 atom stereocenters. The zero-order valence-electron chi connectivity index (χ0n) is 19.9. The van der Waals surface area contributed by atoms with Crippen LogP contribution < -0.4 is 9.47 Å². The number of aromatic nitrogens is 3. The minimum atomic E-state index is -3.09. The molecule has 3 aromatic rings. The van der Waals surface area contributed by atoms with Crippen LogP contribution in [-0.2, 0) is 14.6 Å². The number of aryl methyl sites for hydroxylation is 1. The van der Waals surface area contributed by atoms with Crippen LogP contribution in [0.5, 0.6) is 11.5 Å². The maximum Gasteiger partial charge on any atom is 0.339 e. The normalized spacial score (nSPS) is 19.1. The molecule has 1 aliphatic carbocycles. The van der Waals surface area contributed by atoms with Crippen molar-refractivity contribution in [1.82, 2.24) is 14.8 Å². The third-order valence-electron chi connectivity index (χ3n) is 6.35. The van der Waals surface area contributed by atoms with Crippen molar-refractivity contribution in [2.75, 3.05) is 31.3 Å². The van der Waals surface area contributed by atoms with Gasteiger partial charge in [0.1, 0.15) is 24.7 Å². The van der Waals surface area contributed by atoms with Crippen LogP contribution in [-0.4, -0.2) is 60.5 Å². The van der Waals surface area contributed by atoms with Crippen LogP contribution in [0, 0.1) is 6.92 Å². The fourth-order valence-corrected chi connectivity index (χ4v) is 6.17. The summed E-state index contributed by atoms with van der Waals surface area (Å²) in [6.07, 6.45) is 2.54. The molecule has 0 amide bonds. The number of rotatable bonds is 9. The van der Waals surface area contributed by atoms with E-state index in [1.807, 2.05) is 38.1 Å². The molecule has 1 aliphatic heterocycles. The molecule has 0 N–H and O–H groups in total. The Labute approximate surface area is 204 Å². The fourth-order valence-electron chi connectivity index (χ4n) is 4.47. The molecule has 2 aliphatic rings. The molecule has 2 aromatic heterocycles. The predicted molar refractivity (Wildman–Crippen MR) is 130 cm³/mol. The Balaban J connectivity index is 1.33. The van der Waals surface area contributed by atoms with Gasteiger partial charge in [0.15, 0.2) is 15.5 Å². The van der Waals surface area contributed by atoms with Crippen LogP contribution in [0.4, 0.5) is 0 Å². The molecule has 1 aromatic carbocycles. The Hall–Kier alpha value is -3.14. The van der Waals surface area contributed by atoms with Crippen LogP contribution in [0.2, 0.25) is 0 Å². The number of pyridine rings is 1. The fraction of sp³-hybridized carbons (Fsp3) is 0.480. The average molecular weight is 500 g/mol. The van der Waals surface area contributed by atoms with Crippen molar-refractivity contribution in [2.45, 2.75) is 45.1 Å². The van der Waals surface area contributed by atoms with Gasteiger partial charge in [-0.3, -0.25) is 0 Å². The number of carbonyl (C=O) groups is 1. The molecule has 0 bridgehead atoms. The maximum absolute atomic E-state index is 13.1. The summed E-state index contributed by atoms with van der Waals surface area (Å²) in [5.74, 6) is 1.47. The predicted octanol–water partition coefficient (Wildman–Crippen LogP) is 3.61. The molecular formula is C25H29N3O6S. The van der Waals surface area contributed by atoms with E-state index in [9.17, 15) is 13.2 Å². The number of hydrogen-bond donors (Lipinski definition) is 0. The first-order chi connectivity index (χ1) is 16.8. The summed E-state index contributed by atoms with van der Waals surface area (Å²) < 4.78 is 42.5. The highest BCUT2D eigenvalue weighted by Gasteiger charge is 2.34. The number of sulfone groups is 1. The molecule has 3 heterocycles. The zero-order chi connectivity index (χ0) is 24.6. The van der Waals surface area contributed by atoms with Gasteiger partial charge >= 0.3 is 5.97 Å². The van der Waals surface area contributed by atoms with Crippen molar-refractivity contribution >= 4 is 26.8 Å². The lowest BCUT2D eigenvalue weighted by Crippen LogP contribution is -2.15. The maximum atomic E-state index is 13.1. The molecule has 2 fully saturated rings. The topological polar surface area (TPSA) is 110 Å². The van der Waals surface area contributed by atoms with Gasteiger partial charge < -0.3 is 14.2 Å². The number of fused-ring (bicyclic) bond motifs is 1. The number of benzene rings is 1. The number of ether oxygens (including phenoxy) is 3. The van der Waals surface area contributed by atoms with Gasteiger partial charge in [0, 0.05) is 11.6 Å². The van der Waals surface area contributed by atoms with Gasteiger partial charge in [0.2, 0.25) is 0 Å². The van der Waals surface area contributed by atoms with E-state index in [4.69, 9.17) is 19.2 Å². The largest absolute Gasteiger partial charge is 0.494 e. The second kappa shape index (κ2) is 9.49. The third kappa shape index (κ3) is 5.12. The SMILES string of the molecule is CCOc1ccc(OCCOC(=O)c2cc(C3CC3)nc3c2c(C)nn3C2CCS(=O)(=O)C2)cc1.